The maximum absolute atomic E-state index is 12.6. The number of nitrogens with one attached hydrogen (secondary N) is 1. The van der Waals surface area contributed by atoms with Gasteiger partial charge in [0.1, 0.15) is 0 Å². The molecule has 0 aromatic carbocycles. The largest absolute Gasteiger partial charge is 0.466 e. The topological polar surface area (TPSA) is 95.9 Å². The van der Waals surface area contributed by atoms with Gasteiger partial charge in [-0.2, -0.15) is 0 Å². The Morgan fingerprint density at radius 2 is 0.581 bits per heavy atom. The second-order valence-corrected chi connectivity index (χ2v) is 26.7. The summed E-state index contributed by atoms with van der Waals surface area (Å²) >= 11 is 0. The highest BCUT2D eigenvalue weighted by Gasteiger charge is 2.18. The number of allylic oxidation sites excluding steroid dienone is 7. The molecule has 0 spiro atoms. The van der Waals surface area contributed by atoms with E-state index >= 15 is 0 Å². The summed E-state index contributed by atoms with van der Waals surface area (Å²) in [6.45, 7) is 4.92. The van der Waals surface area contributed by atoms with Crippen molar-refractivity contribution in [3.05, 3.63) is 48.6 Å². The zero-order valence-corrected chi connectivity index (χ0v) is 58.1. The Hall–Kier alpha value is -2.18. The molecule has 0 aromatic heterocycles. The van der Waals surface area contributed by atoms with Crippen molar-refractivity contribution < 1.29 is 24.5 Å². The lowest BCUT2D eigenvalue weighted by molar-refractivity contribution is -0.143. The Morgan fingerprint density at radius 1 is 0.326 bits per heavy atom. The fraction of sp³-hybridized carbons (Fsp3) is 0.875. The molecule has 0 saturated heterocycles. The molecule has 0 aromatic rings. The van der Waals surface area contributed by atoms with Crippen LogP contribution < -0.4 is 5.32 Å². The number of hydrogen-bond donors (Lipinski definition) is 3. The minimum Gasteiger partial charge on any atom is -0.466 e. The van der Waals surface area contributed by atoms with Crippen molar-refractivity contribution in [3.8, 4) is 0 Å². The van der Waals surface area contributed by atoms with Crippen LogP contribution in [0.2, 0.25) is 0 Å². The number of carbonyl (C=O) groups excluding carboxylic acids is 2. The number of carbonyl (C=O) groups is 2. The molecule has 0 saturated carbocycles. The molecule has 0 heterocycles. The van der Waals surface area contributed by atoms with Crippen LogP contribution in [0.3, 0.4) is 0 Å². The zero-order valence-electron chi connectivity index (χ0n) is 58.1. The van der Waals surface area contributed by atoms with Crippen LogP contribution in [0.1, 0.15) is 425 Å². The van der Waals surface area contributed by atoms with E-state index in [1.54, 1.807) is 6.08 Å². The molecule has 0 aliphatic rings. The first kappa shape index (κ1) is 83.8. The Kier molecular flexibility index (Phi) is 73.4. The summed E-state index contributed by atoms with van der Waals surface area (Å²) in [5, 5.41) is 23.3. The molecule has 2 atom stereocenters. The van der Waals surface area contributed by atoms with Crippen LogP contribution in [0.15, 0.2) is 48.6 Å². The summed E-state index contributed by atoms with van der Waals surface area (Å²) in [5.74, 6) is -0.0567. The molecule has 6 nitrogen and oxygen atoms in total. The fourth-order valence-corrected chi connectivity index (χ4v) is 12.1. The van der Waals surface area contributed by atoms with Gasteiger partial charge in [0.2, 0.25) is 5.91 Å². The molecule has 6 heteroatoms. The first-order chi connectivity index (χ1) is 42.5. The minimum atomic E-state index is -0.847. The third kappa shape index (κ3) is 70.9. The Bertz CT molecular complexity index is 1440. The Balaban J connectivity index is 3.41. The fourth-order valence-electron chi connectivity index (χ4n) is 12.1. The van der Waals surface area contributed by atoms with Gasteiger partial charge in [0.15, 0.2) is 0 Å². The maximum atomic E-state index is 12.6. The van der Waals surface area contributed by atoms with E-state index in [4.69, 9.17) is 4.74 Å². The predicted molar refractivity (Wildman–Crippen MR) is 379 cm³/mol. The van der Waals surface area contributed by atoms with E-state index in [9.17, 15) is 19.8 Å². The van der Waals surface area contributed by atoms with Gasteiger partial charge >= 0.3 is 5.97 Å². The SMILES string of the molecule is CCCCCC/C=C\C/C=C\CCCCCCCCCC(=O)OCCCCCCCCCCCCCC/C=C\CCCCCCCCCCCCCC(=O)NC(CO)C(O)/C=C/CCCCCCCCCCCCCCCCCCCCCCCC. The standard InChI is InChI=1S/C80H151NO5/c1-3-5-7-9-11-13-15-17-19-21-23-24-25-31-34-37-40-44-48-52-56-60-64-68-72-78(83)77(76-82)81-79(84)73-69-65-61-57-53-49-45-41-38-35-32-29-27-26-28-30-33-36-39-43-47-51-55-59-63-67-71-75-86-80(85)74-70-66-62-58-54-50-46-42-22-20-18-16-14-12-10-8-6-4-2/h14,16,20,22,26-27,68,72,77-78,82-83H,3-13,15,17-19,21,23-25,28-67,69-71,73-76H2,1-2H3,(H,81,84)/b16-14-,22-20-,27-26-,72-68+. The normalized spacial score (nSPS) is 12.7. The number of rotatable bonds is 73. The molecule has 86 heavy (non-hydrogen) atoms. The Morgan fingerprint density at radius 3 is 0.907 bits per heavy atom. The number of esters is 1. The van der Waals surface area contributed by atoms with Crippen LogP contribution in [-0.2, 0) is 14.3 Å². The average Bonchev–Trinajstić information content (AvgIpc) is 3.54. The van der Waals surface area contributed by atoms with Gasteiger partial charge in [0.05, 0.1) is 25.4 Å². The molecule has 0 fully saturated rings. The summed E-state index contributed by atoms with van der Waals surface area (Å²) in [5.41, 5.74) is 0. The number of aliphatic hydroxyl groups excluding tert-OH is 2. The quantitative estimate of drug-likeness (QED) is 0.0320. The summed E-state index contributed by atoms with van der Waals surface area (Å²) in [7, 11) is 0. The summed E-state index contributed by atoms with van der Waals surface area (Å²) in [6.07, 6.45) is 99.3. The molecule has 506 valence electrons. The van der Waals surface area contributed by atoms with Gasteiger partial charge in [0.25, 0.3) is 0 Å². The second kappa shape index (κ2) is 75.3. The highest BCUT2D eigenvalue weighted by Crippen LogP contribution is 2.19. The number of unbranched alkanes of at least 4 members (excludes halogenated alkanes) is 56. The molecule has 3 N–H and O–H groups in total. The van der Waals surface area contributed by atoms with Crippen molar-refractivity contribution in [2.75, 3.05) is 13.2 Å². The molecule has 0 bridgehead atoms. The molecule has 0 aliphatic heterocycles. The van der Waals surface area contributed by atoms with E-state index in [0.29, 0.717) is 19.4 Å². The van der Waals surface area contributed by atoms with Gasteiger partial charge < -0.3 is 20.3 Å². The van der Waals surface area contributed by atoms with Gasteiger partial charge in [0, 0.05) is 12.8 Å². The van der Waals surface area contributed by atoms with Crippen molar-refractivity contribution in [3.63, 3.8) is 0 Å². The smallest absolute Gasteiger partial charge is 0.305 e. The summed E-state index contributed by atoms with van der Waals surface area (Å²) in [6, 6.07) is -0.631. The van der Waals surface area contributed by atoms with E-state index in [1.807, 2.05) is 6.08 Å². The number of hydrogen-bond acceptors (Lipinski definition) is 5. The van der Waals surface area contributed by atoms with Gasteiger partial charge in [-0.1, -0.05) is 371 Å². The van der Waals surface area contributed by atoms with Crippen molar-refractivity contribution in [1.29, 1.82) is 0 Å². The summed E-state index contributed by atoms with van der Waals surface area (Å²) in [4.78, 5) is 24.7. The van der Waals surface area contributed by atoms with E-state index in [-0.39, 0.29) is 18.5 Å². The van der Waals surface area contributed by atoms with Gasteiger partial charge in [-0.3, -0.25) is 9.59 Å². The van der Waals surface area contributed by atoms with Crippen molar-refractivity contribution in [2.45, 2.75) is 437 Å². The first-order valence-electron chi connectivity index (χ1n) is 38.9. The lowest BCUT2D eigenvalue weighted by Gasteiger charge is -2.20. The van der Waals surface area contributed by atoms with Crippen molar-refractivity contribution in [2.24, 2.45) is 0 Å². The monoisotopic (exact) mass is 1210 g/mol. The molecule has 0 radical (unpaired) electrons. The lowest BCUT2D eigenvalue weighted by atomic mass is 10.0. The van der Waals surface area contributed by atoms with Crippen molar-refractivity contribution >= 4 is 11.9 Å². The molecule has 1 amide bonds. The first-order valence-corrected chi connectivity index (χ1v) is 38.9. The zero-order chi connectivity index (χ0) is 62.0. The van der Waals surface area contributed by atoms with Gasteiger partial charge in [-0.05, 0) is 89.9 Å². The van der Waals surface area contributed by atoms with Crippen LogP contribution in [0, 0.1) is 0 Å². The van der Waals surface area contributed by atoms with Gasteiger partial charge in [-0.15, -0.1) is 0 Å². The molecule has 2 unspecified atom stereocenters. The molecular weight excluding hydrogens is 1050 g/mol. The minimum absolute atomic E-state index is 0.00793. The third-order valence-corrected chi connectivity index (χ3v) is 18.1. The second-order valence-electron chi connectivity index (χ2n) is 26.7. The van der Waals surface area contributed by atoms with E-state index < -0.39 is 12.1 Å². The van der Waals surface area contributed by atoms with Crippen LogP contribution in [-0.4, -0.2) is 47.4 Å². The maximum Gasteiger partial charge on any atom is 0.305 e. The van der Waals surface area contributed by atoms with Crippen LogP contribution >= 0.6 is 0 Å². The molecule has 0 aliphatic carbocycles. The highest BCUT2D eigenvalue weighted by molar-refractivity contribution is 5.76. The highest BCUT2D eigenvalue weighted by atomic mass is 16.5. The van der Waals surface area contributed by atoms with E-state index in [1.165, 1.54) is 347 Å². The number of aliphatic hydroxyl groups is 2. The number of amides is 1. The third-order valence-electron chi connectivity index (χ3n) is 18.1. The average molecular weight is 1210 g/mol. The van der Waals surface area contributed by atoms with Crippen molar-refractivity contribution in [1.82, 2.24) is 5.32 Å². The Labute approximate surface area is 537 Å². The molecule has 0 rings (SSSR count). The lowest BCUT2D eigenvalue weighted by Crippen LogP contribution is -2.45. The number of ether oxygens (including phenoxy) is 1. The predicted octanol–water partition coefficient (Wildman–Crippen LogP) is 25.6. The van der Waals surface area contributed by atoms with Crippen LogP contribution in [0.4, 0.5) is 0 Å². The van der Waals surface area contributed by atoms with Crippen LogP contribution in [0.5, 0.6) is 0 Å². The van der Waals surface area contributed by atoms with Crippen LogP contribution in [0.25, 0.3) is 0 Å². The summed E-state index contributed by atoms with van der Waals surface area (Å²) < 4.78 is 5.50. The van der Waals surface area contributed by atoms with E-state index in [2.05, 4.69) is 55.6 Å². The molecular formula is C80H151NO5. The van der Waals surface area contributed by atoms with E-state index in [0.717, 1.165) is 51.4 Å². The van der Waals surface area contributed by atoms with Gasteiger partial charge in [-0.25, -0.2) is 0 Å².